The van der Waals surface area contributed by atoms with Gasteiger partial charge < -0.3 is 42.7 Å². The van der Waals surface area contributed by atoms with E-state index in [0.717, 1.165) is 0 Å². The van der Waals surface area contributed by atoms with E-state index in [2.05, 4.69) is 10.6 Å². The number of aliphatic carboxylic acids is 1. The van der Waals surface area contributed by atoms with E-state index in [9.17, 15) is 34.2 Å². The van der Waals surface area contributed by atoms with Gasteiger partial charge in [-0.15, -0.1) is 0 Å². The van der Waals surface area contributed by atoms with Crippen molar-refractivity contribution in [1.29, 1.82) is 0 Å². The summed E-state index contributed by atoms with van der Waals surface area (Å²) in [4.78, 5) is 58.9. The number of carboxylic acid groups (broad SMARTS) is 1. The van der Waals surface area contributed by atoms with Gasteiger partial charge in [-0.05, 0) is 31.0 Å². The molecule has 4 unspecified atom stereocenters. The van der Waals surface area contributed by atoms with Crippen LogP contribution < -0.4 is 27.4 Å². The molecule has 1 aromatic rings. The molecule has 0 aliphatic carbocycles. The fourth-order valence-electron chi connectivity index (χ4n) is 2.60. The summed E-state index contributed by atoms with van der Waals surface area (Å²) >= 11 is 0. The monoisotopic (exact) mass is 453 g/mol. The number of amides is 4. The van der Waals surface area contributed by atoms with Crippen LogP contribution >= 0.6 is 0 Å². The number of aliphatic hydroxyl groups is 1. The van der Waals surface area contributed by atoms with Gasteiger partial charge in [-0.3, -0.25) is 24.0 Å². The van der Waals surface area contributed by atoms with E-state index in [1.54, 1.807) is 12.1 Å². The number of carbonyl (C=O) groups excluding carboxylic acids is 4. The Balaban J connectivity index is 2.83. The first kappa shape index (κ1) is 26.3. The fraction of sp³-hybridized carbons (Fsp3) is 0.421. The van der Waals surface area contributed by atoms with E-state index in [4.69, 9.17) is 16.6 Å². The van der Waals surface area contributed by atoms with Crippen LogP contribution in [0.3, 0.4) is 0 Å². The number of phenols is 1. The average molecular weight is 453 g/mol. The number of hydrogen-bond donors (Lipinski definition) is 8. The van der Waals surface area contributed by atoms with Gasteiger partial charge in [0.15, 0.2) is 0 Å². The number of hydrogen-bond acceptors (Lipinski definition) is 8. The predicted molar refractivity (Wildman–Crippen MR) is 110 cm³/mol. The zero-order valence-electron chi connectivity index (χ0n) is 17.3. The summed E-state index contributed by atoms with van der Waals surface area (Å²) in [6.45, 7) is 0.455. The average Bonchev–Trinajstić information content (AvgIpc) is 2.70. The van der Waals surface area contributed by atoms with Gasteiger partial charge in [0.2, 0.25) is 23.6 Å². The minimum absolute atomic E-state index is 0.0375. The second kappa shape index (κ2) is 12.2. The van der Waals surface area contributed by atoms with Crippen molar-refractivity contribution in [2.45, 2.75) is 44.0 Å². The number of aliphatic hydroxyl groups excluding tert-OH is 1. The van der Waals surface area contributed by atoms with Crippen LogP contribution in [0, 0.1) is 0 Å². The summed E-state index contributed by atoms with van der Waals surface area (Å²) in [7, 11) is 0. The molecule has 0 fully saturated rings. The molecule has 4 atom stereocenters. The molecule has 13 nitrogen and oxygen atoms in total. The molecule has 1 aromatic carbocycles. The van der Waals surface area contributed by atoms with Crippen LogP contribution in [-0.2, 0) is 30.4 Å². The van der Waals surface area contributed by atoms with Gasteiger partial charge in [-0.2, -0.15) is 0 Å². The van der Waals surface area contributed by atoms with Crippen LogP contribution in [0.4, 0.5) is 0 Å². The number of aromatic hydroxyl groups is 1. The van der Waals surface area contributed by atoms with Gasteiger partial charge in [0, 0.05) is 0 Å². The summed E-state index contributed by atoms with van der Waals surface area (Å²) in [6.07, 6.45) is -1.98. The van der Waals surface area contributed by atoms with Gasteiger partial charge in [0.25, 0.3) is 0 Å². The Kier molecular flexibility index (Phi) is 10.1. The van der Waals surface area contributed by atoms with E-state index >= 15 is 0 Å². The number of carbonyl (C=O) groups is 5. The summed E-state index contributed by atoms with van der Waals surface area (Å²) in [5, 5.41) is 34.3. The van der Waals surface area contributed by atoms with Gasteiger partial charge in [0.05, 0.1) is 18.6 Å². The molecule has 0 aliphatic rings. The topological polar surface area (TPSA) is 234 Å². The molecule has 10 N–H and O–H groups in total. The smallest absolute Gasteiger partial charge is 0.322 e. The zero-order valence-corrected chi connectivity index (χ0v) is 17.3. The van der Waals surface area contributed by atoms with Crippen molar-refractivity contribution in [3.63, 3.8) is 0 Å². The third-order valence-electron chi connectivity index (χ3n) is 4.24. The Morgan fingerprint density at radius 2 is 1.59 bits per heavy atom. The Hall–Kier alpha value is -3.71. The Morgan fingerprint density at radius 3 is 2.09 bits per heavy atom. The molecule has 32 heavy (non-hydrogen) atoms. The summed E-state index contributed by atoms with van der Waals surface area (Å²) < 4.78 is 0. The van der Waals surface area contributed by atoms with Crippen molar-refractivity contribution >= 4 is 29.6 Å². The number of rotatable bonds is 12. The van der Waals surface area contributed by atoms with Crippen molar-refractivity contribution in [3.05, 3.63) is 29.8 Å². The lowest BCUT2D eigenvalue weighted by atomic mass is 10.0. The van der Waals surface area contributed by atoms with E-state index in [1.807, 2.05) is 5.32 Å². The predicted octanol–water partition coefficient (Wildman–Crippen LogP) is -3.31. The lowest BCUT2D eigenvalue weighted by Crippen LogP contribution is -2.59. The molecule has 0 aromatic heterocycles. The Labute approximate surface area is 183 Å². The van der Waals surface area contributed by atoms with Crippen LogP contribution in [-0.4, -0.2) is 75.7 Å². The second-order valence-electron chi connectivity index (χ2n) is 7.05. The quantitative estimate of drug-likeness (QED) is 0.158. The van der Waals surface area contributed by atoms with Crippen LogP contribution in [0.25, 0.3) is 0 Å². The number of nitrogens with one attached hydrogen (secondary N) is 3. The maximum atomic E-state index is 12.6. The highest BCUT2D eigenvalue weighted by molar-refractivity contribution is 5.95. The molecule has 0 spiro atoms. The van der Waals surface area contributed by atoms with Crippen LogP contribution in [0.2, 0.25) is 0 Å². The lowest BCUT2D eigenvalue weighted by molar-refractivity contribution is -0.139. The maximum absolute atomic E-state index is 12.6. The largest absolute Gasteiger partial charge is 0.508 e. The highest BCUT2D eigenvalue weighted by atomic mass is 16.4. The first-order valence-electron chi connectivity index (χ1n) is 9.50. The number of phenolic OH excluding ortho intramolecular Hbond substituents is 1. The van der Waals surface area contributed by atoms with Gasteiger partial charge in [-0.1, -0.05) is 12.1 Å². The maximum Gasteiger partial charge on any atom is 0.322 e. The van der Waals surface area contributed by atoms with Crippen LogP contribution in [0.5, 0.6) is 5.75 Å². The zero-order chi connectivity index (χ0) is 24.4. The van der Waals surface area contributed by atoms with E-state index in [0.29, 0.717) is 5.56 Å². The number of carboxylic acids is 1. The Bertz CT molecular complexity index is 843. The molecule has 4 amide bonds. The third-order valence-corrected chi connectivity index (χ3v) is 4.24. The third kappa shape index (κ3) is 8.97. The summed E-state index contributed by atoms with van der Waals surface area (Å²) in [6, 6.07) is 1.80. The van der Waals surface area contributed by atoms with Crippen LogP contribution in [0.15, 0.2) is 24.3 Å². The molecule has 13 heteroatoms. The first-order valence-corrected chi connectivity index (χ1v) is 9.50. The van der Waals surface area contributed by atoms with E-state index in [1.165, 1.54) is 19.1 Å². The molecule has 0 radical (unpaired) electrons. The van der Waals surface area contributed by atoms with E-state index < -0.39 is 66.8 Å². The summed E-state index contributed by atoms with van der Waals surface area (Å²) in [5.41, 5.74) is 11.6. The molecule has 0 saturated heterocycles. The van der Waals surface area contributed by atoms with E-state index in [-0.39, 0.29) is 12.2 Å². The van der Waals surface area contributed by atoms with Gasteiger partial charge in [-0.25, -0.2) is 0 Å². The van der Waals surface area contributed by atoms with Crippen molar-refractivity contribution < 1.29 is 39.3 Å². The SMILES string of the molecule is CC(O)C(NC(=O)C(N)Cc1ccc(O)cc1)C(=O)NC(CC(N)=O)C(=O)NCC(=O)O. The van der Waals surface area contributed by atoms with Gasteiger partial charge >= 0.3 is 5.97 Å². The standard InChI is InChI=1S/C19H27N5O8/c1-9(25)16(24-17(30)12(20)6-10-2-4-11(26)5-3-10)19(32)23-13(7-14(21)27)18(31)22-8-15(28)29/h2-5,9,12-13,16,25-26H,6-8,20H2,1H3,(H2,21,27)(H,22,31)(H,23,32)(H,24,30)(H,28,29). The molecule has 1 rings (SSSR count). The molecule has 0 saturated carbocycles. The van der Waals surface area contributed by atoms with Crippen molar-refractivity contribution in [2.24, 2.45) is 11.5 Å². The first-order chi connectivity index (χ1) is 14.9. The molecule has 176 valence electrons. The van der Waals surface area contributed by atoms with Crippen molar-refractivity contribution in [3.8, 4) is 5.75 Å². The number of primary amides is 1. The second-order valence-corrected chi connectivity index (χ2v) is 7.05. The number of nitrogens with two attached hydrogens (primary N) is 2. The minimum atomic E-state index is -1.53. The van der Waals surface area contributed by atoms with Gasteiger partial charge in [0.1, 0.15) is 24.4 Å². The molecular formula is C19H27N5O8. The summed E-state index contributed by atoms with van der Waals surface area (Å²) in [5.74, 6) is -5.04. The number of benzene rings is 1. The molecular weight excluding hydrogens is 426 g/mol. The Morgan fingerprint density at radius 1 is 1.00 bits per heavy atom. The van der Waals surface area contributed by atoms with Crippen molar-refractivity contribution in [2.75, 3.05) is 6.54 Å². The highest BCUT2D eigenvalue weighted by Crippen LogP contribution is 2.11. The normalized spacial score (nSPS) is 14.3. The fourth-order valence-corrected chi connectivity index (χ4v) is 2.60. The van der Waals surface area contributed by atoms with Crippen LogP contribution in [0.1, 0.15) is 18.9 Å². The molecule has 0 aliphatic heterocycles. The highest BCUT2D eigenvalue weighted by Gasteiger charge is 2.31. The van der Waals surface area contributed by atoms with Crippen molar-refractivity contribution in [1.82, 2.24) is 16.0 Å². The lowest BCUT2D eigenvalue weighted by Gasteiger charge is -2.25. The molecule has 0 bridgehead atoms. The minimum Gasteiger partial charge on any atom is -0.508 e. The molecule has 0 heterocycles.